The first kappa shape index (κ1) is 13.3. The van der Waals surface area contributed by atoms with Crippen molar-refractivity contribution < 1.29 is 5.11 Å². The second-order valence-electron chi connectivity index (χ2n) is 5.45. The third-order valence-corrected chi connectivity index (χ3v) is 4.17. The van der Waals surface area contributed by atoms with Crippen LogP contribution >= 0.6 is 0 Å². The Morgan fingerprint density at radius 1 is 0.700 bits per heavy atom. The normalized spacial score (nSPS) is 17.1. The van der Waals surface area contributed by atoms with E-state index < -0.39 is 5.72 Å². The molecule has 2 aromatic carbocycles. The zero-order chi connectivity index (χ0) is 13.8. The Morgan fingerprint density at radius 3 is 1.60 bits per heavy atom. The molecule has 0 radical (unpaired) electrons. The minimum Gasteiger partial charge on any atom is -0.367 e. The fourth-order valence-electron chi connectivity index (χ4n) is 3.09. The number of aliphatic hydroxyl groups is 1. The Labute approximate surface area is 120 Å². The van der Waals surface area contributed by atoms with Crippen LogP contribution in [0.2, 0.25) is 0 Å². The summed E-state index contributed by atoms with van der Waals surface area (Å²) < 4.78 is 0. The van der Waals surface area contributed by atoms with Crippen LogP contribution in [0.4, 0.5) is 0 Å². The molecule has 1 heterocycles. The summed E-state index contributed by atoms with van der Waals surface area (Å²) in [6, 6.07) is 20.0. The summed E-state index contributed by atoms with van der Waals surface area (Å²) in [6.45, 7) is 1.89. The van der Waals surface area contributed by atoms with Gasteiger partial charge in [0.2, 0.25) is 0 Å². The smallest absolute Gasteiger partial charge is 0.171 e. The van der Waals surface area contributed by atoms with Gasteiger partial charge in [-0.2, -0.15) is 0 Å². The van der Waals surface area contributed by atoms with Crippen LogP contribution in [0.3, 0.4) is 0 Å². The fraction of sp³-hybridized carbons (Fsp3) is 0.333. The van der Waals surface area contributed by atoms with Crippen LogP contribution in [-0.4, -0.2) is 23.1 Å². The van der Waals surface area contributed by atoms with Crippen molar-refractivity contribution in [2.75, 3.05) is 13.1 Å². The molecule has 0 spiro atoms. The van der Waals surface area contributed by atoms with Gasteiger partial charge in [-0.1, -0.05) is 67.1 Å². The maximum Gasteiger partial charge on any atom is 0.171 e. The van der Waals surface area contributed by atoms with Crippen molar-refractivity contribution in [3.8, 4) is 0 Å². The summed E-state index contributed by atoms with van der Waals surface area (Å²) in [7, 11) is 0. The molecule has 1 saturated heterocycles. The van der Waals surface area contributed by atoms with E-state index in [4.69, 9.17) is 0 Å². The number of likely N-dealkylation sites (tertiary alicyclic amines) is 1. The monoisotopic (exact) mass is 267 g/mol. The Morgan fingerprint density at radius 2 is 1.15 bits per heavy atom. The second kappa shape index (κ2) is 5.78. The molecule has 2 nitrogen and oxygen atoms in total. The minimum atomic E-state index is -1.01. The predicted molar refractivity (Wildman–Crippen MR) is 81.3 cm³/mol. The lowest BCUT2D eigenvalue weighted by atomic mass is 9.91. The van der Waals surface area contributed by atoms with Crippen molar-refractivity contribution in [1.82, 2.24) is 4.90 Å². The lowest BCUT2D eigenvalue weighted by Crippen LogP contribution is -2.49. The van der Waals surface area contributed by atoms with E-state index in [1.165, 1.54) is 6.42 Å². The molecular weight excluding hydrogens is 246 g/mol. The molecule has 1 fully saturated rings. The SMILES string of the molecule is OC(c1ccccc1)(c1ccccc1)N1CCCCC1. The summed E-state index contributed by atoms with van der Waals surface area (Å²) in [4.78, 5) is 2.21. The van der Waals surface area contributed by atoms with Crippen LogP contribution < -0.4 is 0 Å². The molecule has 3 rings (SSSR count). The van der Waals surface area contributed by atoms with Crippen molar-refractivity contribution in [2.24, 2.45) is 0 Å². The zero-order valence-electron chi connectivity index (χ0n) is 11.7. The van der Waals surface area contributed by atoms with E-state index in [0.29, 0.717) is 0 Å². The number of hydrogen-bond acceptors (Lipinski definition) is 2. The Bertz CT molecular complexity index is 492. The molecule has 20 heavy (non-hydrogen) atoms. The maximum atomic E-state index is 11.5. The summed E-state index contributed by atoms with van der Waals surface area (Å²) in [5.41, 5.74) is 0.893. The van der Waals surface area contributed by atoms with Crippen LogP contribution in [0.15, 0.2) is 60.7 Å². The highest BCUT2D eigenvalue weighted by atomic mass is 16.3. The maximum absolute atomic E-state index is 11.5. The van der Waals surface area contributed by atoms with Crippen molar-refractivity contribution >= 4 is 0 Å². The molecule has 104 valence electrons. The van der Waals surface area contributed by atoms with Gasteiger partial charge in [0.05, 0.1) is 0 Å². The van der Waals surface area contributed by atoms with E-state index in [9.17, 15) is 5.11 Å². The van der Waals surface area contributed by atoms with Crippen LogP contribution in [0, 0.1) is 0 Å². The van der Waals surface area contributed by atoms with E-state index >= 15 is 0 Å². The highest BCUT2D eigenvalue weighted by molar-refractivity contribution is 5.35. The first-order valence-corrected chi connectivity index (χ1v) is 7.40. The van der Waals surface area contributed by atoms with Gasteiger partial charge in [-0.05, 0) is 12.8 Å². The number of piperidine rings is 1. The highest BCUT2D eigenvalue weighted by Gasteiger charge is 2.38. The standard InChI is InChI=1S/C18H21NO/c20-18(16-10-4-1-5-11-16,17-12-6-2-7-13-17)19-14-8-3-9-15-19/h1-2,4-7,10-13,20H,3,8-9,14-15H2. The summed E-state index contributed by atoms with van der Waals surface area (Å²) in [5, 5.41) is 11.5. The van der Waals surface area contributed by atoms with Crippen LogP contribution in [0.1, 0.15) is 30.4 Å². The average molecular weight is 267 g/mol. The van der Waals surface area contributed by atoms with Crippen LogP contribution in [0.5, 0.6) is 0 Å². The van der Waals surface area contributed by atoms with E-state index in [1.807, 2.05) is 60.7 Å². The van der Waals surface area contributed by atoms with E-state index in [-0.39, 0.29) is 0 Å². The predicted octanol–water partition coefficient (Wildman–Crippen LogP) is 3.37. The second-order valence-corrected chi connectivity index (χ2v) is 5.45. The van der Waals surface area contributed by atoms with Crippen molar-refractivity contribution in [1.29, 1.82) is 0 Å². The molecule has 0 aromatic heterocycles. The Kier molecular flexibility index (Phi) is 3.86. The molecule has 0 aliphatic carbocycles. The lowest BCUT2D eigenvalue weighted by molar-refractivity contribution is -0.0894. The van der Waals surface area contributed by atoms with Gasteiger partial charge in [-0.3, -0.25) is 4.90 Å². The van der Waals surface area contributed by atoms with Crippen LogP contribution in [-0.2, 0) is 5.72 Å². The van der Waals surface area contributed by atoms with E-state index in [1.54, 1.807) is 0 Å². The van der Waals surface area contributed by atoms with Gasteiger partial charge in [0.1, 0.15) is 0 Å². The lowest BCUT2D eigenvalue weighted by Gasteiger charge is -2.42. The van der Waals surface area contributed by atoms with Crippen molar-refractivity contribution in [3.63, 3.8) is 0 Å². The fourth-order valence-corrected chi connectivity index (χ4v) is 3.09. The third kappa shape index (κ3) is 2.37. The summed E-state index contributed by atoms with van der Waals surface area (Å²) >= 11 is 0. The topological polar surface area (TPSA) is 23.5 Å². The summed E-state index contributed by atoms with van der Waals surface area (Å²) in [6.07, 6.45) is 3.57. The molecule has 0 atom stereocenters. The van der Waals surface area contributed by atoms with Crippen molar-refractivity contribution in [3.05, 3.63) is 71.8 Å². The molecule has 2 heteroatoms. The molecule has 0 unspecified atom stereocenters. The zero-order valence-corrected chi connectivity index (χ0v) is 11.7. The molecule has 1 aliphatic rings. The van der Waals surface area contributed by atoms with Crippen molar-refractivity contribution in [2.45, 2.75) is 25.0 Å². The molecule has 0 saturated carbocycles. The summed E-state index contributed by atoms with van der Waals surface area (Å²) in [5.74, 6) is 0. The Hall–Kier alpha value is -1.64. The Balaban J connectivity index is 2.07. The van der Waals surface area contributed by atoms with Gasteiger partial charge >= 0.3 is 0 Å². The first-order valence-electron chi connectivity index (χ1n) is 7.40. The van der Waals surface area contributed by atoms with E-state index in [0.717, 1.165) is 37.1 Å². The van der Waals surface area contributed by atoms with Gasteiger partial charge in [0, 0.05) is 24.2 Å². The van der Waals surface area contributed by atoms with Gasteiger partial charge < -0.3 is 5.11 Å². The molecule has 1 N–H and O–H groups in total. The minimum absolute atomic E-state index is 0.945. The number of benzene rings is 2. The molecule has 0 bridgehead atoms. The van der Waals surface area contributed by atoms with Crippen LogP contribution in [0.25, 0.3) is 0 Å². The van der Waals surface area contributed by atoms with Gasteiger partial charge in [-0.25, -0.2) is 0 Å². The quantitative estimate of drug-likeness (QED) is 0.921. The first-order chi connectivity index (χ1) is 9.82. The molecule has 1 aliphatic heterocycles. The largest absolute Gasteiger partial charge is 0.367 e. The van der Waals surface area contributed by atoms with Gasteiger partial charge in [-0.15, -0.1) is 0 Å². The molecular formula is C18H21NO. The third-order valence-electron chi connectivity index (χ3n) is 4.17. The molecule has 2 aromatic rings. The van der Waals surface area contributed by atoms with Gasteiger partial charge in [0.25, 0.3) is 0 Å². The molecule has 0 amide bonds. The number of rotatable bonds is 3. The van der Waals surface area contributed by atoms with Gasteiger partial charge in [0.15, 0.2) is 5.72 Å². The van der Waals surface area contributed by atoms with E-state index in [2.05, 4.69) is 4.90 Å². The number of nitrogens with zero attached hydrogens (tertiary/aromatic N) is 1. The highest BCUT2D eigenvalue weighted by Crippen LogP contribution is 2.35. The average Bonchev–Trinajstić information content (AvgIpc) is 2.56. The number of hydrogen-bond donors (Lipinski definition) is 1.